The smallest absolute Gasteiger partial charge is 0.310 e. The lowest BCUT2D eigenvalue weighted by molar-refractivity contribution is -0.148. The second kappa shape index (κ2) is 5.86. The zero-order valence-electron chi connectivity index (χ0n) is 12.6. The first-order chi connectivity index (χ1) is 10.2. The fourth-order valence-corrected chi connectivity index (χ4v) is 3.34. The van der Waals surface area contributed by atoms with Gasteiger partial charge in [0.25, 0.3) is 0 Å². The molecule has 1 fully saturated rings. The number of carbonyl (C=O) groups is 1. The molecular weight excluding hydrogens is 262 g/mol. The molecule has 0 bridgehead atoms. The molecule has 1 heterocycles. The normalized spacial score (nSPS) is 23.1. The Kier molecular flexibility index (Phi) is 3.93. The molecule has 110 valence electrons. The second-order valence-electron chi connectivity index (χ2n) is 5.89. The average Bonchev–Trinajstić information content (AvgIpc) is 2.53. The van der Waals surface area contributed by atoms with Crippen LogP contribution in [0.5, 0.6) is 0 Å². The first-order valence-electron chi connectivity index (χ1n) is 7.44. The fourth-order valence-electron chi connectivity index (χ4n) is 3.34. The van der Waals surface area contributed by atoms with Gasteiger partial charge in [0.2, 0.25) is 0 Å². The largest absolute Gasteiger partial charge is 0.469 e. The van der Waals surface area contributed by atoms with Gasteiger partial charge in [-0.1, -0.05) is 42.5 Å². The number of nitrogens with zero attached hydrogens (tertiary/aromatic N) is 1. The van der Waals surface area contributed by atoms with E-state index >= 15 is 0 Å². The van der Waals surface area contributed by atoms with Crippen molar-refractivity contribution in [3.63, 3.8) is 0 Å². The highest BCUT2D eigenvalue weighted by Gasteiger charge is 2.34. The molecular formula is C18H21NO2. The van der Waals surface area contributed by atoms with Crippen LogP contribution in [0.4, 0.5) is 0 Å². The van der Waals surface area contributed by atoms with Crippen LogP contribution in [0.2, 0.25) is 0 Å². The van der Waals surface area contributed by atoms with Crippen molar-refractivity contribution in [2.75, 3.05) is 27.2 Å². The summed E-state index contributed by atoms with van der Waals surface area (Å²) in [7, 11) is 3.54. The van der Waals surface area contributed by atoms with Crippen LogP contribution in [-0.4, -0.2) is 38.1 Å². The molecule has 2 aromatic carbocycles. The van der Waals surface area contributed by atoms with Gasteiger partial charge in [-0.25, -0.2) is 0 Å². The van der Waals surface area contributed by atoms with Gasteiger partial charge in [0.05, 0.1) is 13.0 Å². The summed E-state index contributed by atoms with van der Waals surface area (Å²) in [4.78, 5) is 14.3. The van der Waals surface area contributed by atoms with E-state index < -0.39 is 0 Å². The van der Waals surface area contributed by atoms with Gasteiger partial charge in [0, 0.05) is 6.54 Å². The van der Waals surface area contributed by atoms with Crippen molar-refractivity contribution in [1.29, 1.82) is 0 Å². The van der Waals surface area contributed by atoms with E-state index in [0.717, 1.165) is 19.5 Å². The van der Waals surface area contributed by atoms with Gasteiger partial charge >= 0.3 is 5.97 Å². The minimum atomic E-state index is -0.0975. The molecule has 2 atom stereocenters. The molecule has 0 N–H and O–H groups in total. The first-order valence-corrected chi connectivity index (χ1v) is 7.44. The Morgan fingerprint density at radius 1 is 1.19 bits per heavy atom. The molecule has 3 heteroatoms. The van der Waals surface area contributed by atoms with Crippen molar-refractivity contribution < 1.29 is 9.53 Å². The van der Waals surface area contributed by atoms with Gasteiger partial charge in [-0.2, -0.15) is 0 Å². The predicted molar refractivity (Wildman–Crippen MR) is 84.3 cm³/mol. The molecule has 3 rings (SSSR count). The van der Waals surface area contributed by atoms with Gasteiger partial charge in [0.1, 0.15) is 0 Å². The van der Waals surface area contributed by atoms with Crippen LogP contribution in [0, 0.1) is 5.92 Å². The molecule has 2 aromatic rings. The molecule has 3 nitrogen and oxygen atoms in total. The van der Waals surface area contributed by atoms with E-state index in [1.165, 1.54) is 23.4 Å². The Balaban J connectivity index is 1.96. The third kappa shape index (κ3) is 2.79. The van der Waals surface area contributed by atoms with E-state index in [2.05, 4.69) is 54.4 Å². The number of hydrogen-bond acceptors (Lipinski definition) is 3. The number of rotatable bonds is 2. The minimum Gasteiger partial charge on any atom is -0.469 e. The van der Waals surface area contributed by atoms with Crippen molar-refractivity contribution in [1.82, 2.24) is 4.90 Å². The molecule has 0 spiro atoms. The van der Waals surface area contributed by atoms with Gasteiger partial charge in [-0.15, -0.1) is 0 Å². The van der Waals surface area contributed by atoms with Crippen LogP contribution in [0.25, 0.3) is 10.8 Å². The number of piperidine rings is 1. The molecule has 0 radical (unpaired) electrons. The maximum absolute atomic E-state index is 12.1. The predicted octanol–water partition coefficient (Wildman–Crippen LogP) is 3.05. The van der Waals surface area contributed by atoms with Crippen LogP contribution in [0.3, 0.4) is 0 Å². The quantitative estimate of drug-likeness (QED) is 0.793. The number of benzene rings is 2. The maximum atomic E-state index is 12.1. The number of carbonyl (C=O) groups excluding carboxylic acids is 1. The van der Waals surface area contributed by atoms with Crippen LogP contribution in [-0.2, 0) is 9.53 Å². The van der Waals surface area contributed by atoms with E-state index in [-0.39, 0.29) is 17.8 Å². The lowest BCUT2D eigenvalue weighted by Gasteiger charge is -2.35. The lowest BCUT2D eigenvalue weighted by atomic mass is 9.80. The van der Waals surface area contributed by atoms with Crippen LogP contribution >= 0.6 is 0 Å². The van der Waals surface area contributed by atoms with E-state index in [0.29, 0.717) is 0 Å². The van der Waals surface area contributed by atoms with Crippen molar-refractivity contribution in [2.45, 2.75) is 12.3 Å². The second-order valence-corrected chi connectivity index (χ2v) is 5.89. The summed E-state index contributed by atoms with van der Waals surface area (Å²) < 4.78 is 5.01. The van der Waals surface area contributed by atoms with Gasteiger partial charge in [-0.3, -0.25) is 4.79 Å². The van der Waals surface area contributed by atoms with Gasteiger partial charge in [0.15, 0.2) is 0 Å². The molecule has 0 aromatic heterocycles. The Morgan fingerprint density at radius 2 is 1.95 bits per heavy atom. The zero-order chi connectivity index (χ0) is 14.8. The van der Waals surface area contributed by atoms with Crippen LogP contribution < -0.4 is 0 Å². The topological polar surface area (TPSA) is 29.5 Å². The summed E-state index contributed by atoms with van der Waals surface area (Å²) in [5, 5.41) is 2.47. The number of methoxy groups -OCH3 is 1. The summed E-state index contributed by atoms with van der Waals surface area (Å²) >= 11 is 0. The summed E-state index contributed by atoms with van der Waals surface area (Å²) in [6, 6.07) is 14.9. The zero-order valence-corrected chi connectivity index (χ0v) is 12.6. The molecule has 2 unspecified atom stereocenters. The Labute approximate surface area is 125 Å². The van der Waals surface area contributed by atoms with E-state index in [1.807, 2.05) is 0 Å². The van der Waals surface area contributed by atoms with Gasteiger partial charge < -0.3 is 9.64 Å². The molecule has 1 aliphatic heterocycles. The summed E-state index contributed by atoms with van der Waals surface area (Å²) in [6.07, 6.45) is 0.995. The van der Waals surface area contributed by atoms with Crippen LogP contribution in [0.15, 0.2) is 42.5 Å². The first kappa shape index (κ1) is 14.1. The Bertz CT molecular complexity index is 652. The number of esters is 1. The molecule has 1 aliphatic rings. The molecule has 21 heavy (non-hydrogen) atoms. The van der Waals surface area contributed by atoms with E-state index in [1.54, 1.807) is 0 Å². The highest BCUT2D eigenvalue weighted by Crippen LogP contribution is 2.34. The number of fused-ring (bicyclic) bond motifs is 1. The third-order valence-electron chi connectivity index (χ3n) is 4.52. The summed E-state index contributed by atoms with van der Waals surface area (Å²) in [6.45, 7) is 1.79. The third-order valence-corrected chi connectivity index (χ3v) is 4.52. The fraction of sp³-hybridized carbons (Fsp3) is 0.389. The Morgan fingerprint density at radius 3 is 2.71 bits per heavy atom. The van der Waals surface area contributed by atoms with Crippen molar-refractivity contribution in [2.24, 2.45) is 5.92 Å². The SMILES string of the molecule is COC(=O)C1CN(C)CCC1c1ccc2ccccc2c1. The number of ether oxygens (including phenoxy) is 1. The maximum Gasteiger partial charge on any atom is 0.310 e. The van der Waals surface area contributed by atoms with Crippen molar-refractivity contribution in [3.8, 4) is 0 Å². The molecule has 0 saturated carbocycles. The minimum absolute atomic E-state index is 0.0742. The van der Waals surface area contributed by atoms with E-state index in [9.17, 15) is 4.79 Å². The van der Waals surface area contributed by atoms with Gasteiger partial charge in [-0.05, 0) is 42.3 Å². The van der Waals surface area contributed by atoms with Crippen molar-refractivity contribution in [3.05, 3.63) is 48.0 Å². The lowest BCUT2D eigenvalue weighted by Crippen LogP contribution is -2.41. The average molecular weight is 283 g/mol. The molecule has 0 amide bonds. The number of hydrogen-bond donors (Lipinski definition) is 0. The number of likely N-dealkylation sites (tertiary alicyclic amines) is 1. The van der Waals surface area contributed by atoms with Crippen molar-refractivity contribution >= 4 is 16.7 Å². The Hall–Kier alpha value is -1.87. The standard InChI is InChI=1S/C18H21NO2/c1-19-10-9-16(17(12-19)18(20)21-2)15-8-7-13-5-3-4-6-14(13)11-15/h3-8,11,16-17H,9-10,12H2,1-2H3. The molecule has 1 saturated heterocycles. The summed E-state index contributed by atoms with van der Waals surface area (Å²) in [5.41, 5.74) is 1.25. The van der Waals surface area contributed by atoms with Crippen LogP contribution in [0.1, 0.15) is 17.9 Å². The van der Waals surface area contributed by atoms with E-state index in [4.69, 9.17) is 4.74 Å². The molecule has 0 aliphatic carbocycles. The monoisotopic (exact) mass is 283 g/mol. The highest BCUT2D eigenvalue weighted by atomic mass is 16.5. The summed E-state index contributed by atoms with van der Waals surface area (Å²) in [5.74, 6) is 0.0767. The highest BCUT2D eigenvalue weighted by molar-refractivity contribution is 5.83.